The molecule has 2 aromatic carbocycles. The van der Waals surface area contributed by atoms with Gasteiger partial charge in [-0.15, -0.1) is 10.2 Å². The van der Waals surface area contributed by atoms with E-state index in [0.717, 1.165) is 5.56 Å². The summed E-state index contributed by atoms with van der Waals surface area (Å²) in [6.45, 7) is -0.0801. The van der Waals surface area contributed by atoms with Crippen LogP contribution in [0.15, 0.2) is 54.6 Å². The van der Waals surface area contributed by atoms with Crippen LogP contribution in [0.2, 0.25) is 0 Å². The molecule has 3 rings (SSSR count). The predicted octanol–water partition coefficient (Wildman–Crippen LogP) is 1.83. The van der Waals surface area contributed by atoms with E-state index in [0.29, 0.717) is 12.2 Å². The highest BCUT2D eigenvalue weighted by atomic mass is 19.1. The molecule has 0 aliphatic heterocycles. The fourth-order valence-corrected chi connectivity index (χ4v) is 2.17. The van der Waals surface area contributed by atoms with Gasteiger partial charge in [-0.25, -0.2) is 4.39 Å². The minimum atomic E-state index is -0.434. The van der Waals surface area contributed by atoms with Crippen molar-refractivity contribution in [2.75, 3.05) is 0 Å². The molecule has 0 aliphatic carbocycles. The molecule has 0 saturated carbocycles. The van der Waals surface area contributed by atoms with Crippen LogP contribution in [0.25, 0.3) is 5.69 Å². The smallest absolute Gasteiger partial charge is 0.274 e. The standard InChI is InChI=1S/C17H15FN4O2/c18-13-6-8-14(9-7-13)22-20-15(11-23)16(21-22)17(24)19-10-12-4-2-1-3-5-12/h1-9,23H,10-11H2,(H,19,24). The van der Waals surface area contributed by atoms with E-state index in [4.69, 9.17) is 0 Å². The van der Waals surface area contributed by atoms with Crippen LogP contribution in [0.1, 0.15) is 21.7 Å². The van der Waals surface area contributed by atoms with Crippen LogP contribution in [0, 0.1) is 5.82 Å². The Hall–Kier alpha value is -3.06. The number of aromatic nitrogens is 3. The summed E-state index contributed by atoms with van der Waals surface area (Å²) in [6, 6.07) is 15.0. The lowest BCUT2D eigenvalue weighted by molar-refractivity contribution is 0.0942. The topological polar surface area (TPSA) is 80.0 Å². The van der Waals surface area contributed by atoms with Crippen LogP contribution < -0.4 is 5.32 Å². The molecule has 0 aliphatic rings. The molecule has 0 unspecified atom stereocenters. The fraction of sp³-hybridized carbons (Fsp3) is 0.118. The van der Waals surface area contributed by atoms with Crippen molar-refractivity contribution in [3.63, 3.8) is 0 Å². The van der Waals surface area contributed by atoms with Gasteiger partial charge in [-0.05, 0) is 29.8 Å². The molecule has 0 spiro atoms. The maximum Gasteiger partial charge on any atom is 0.274 e. The highest BCUT2D eigenvalue weighted by molar-refractivity contribution is 5.93. The Morgan fingerprint density at radius 1 is 1.08 bits per heavy atom. The summed E-state index contributed by atoms with van der Waals surface area (Å²) in [6.07, 6.45) is 0. The minimum Gasteiger partial charge on any atom is -0.390 e. The van der Waals surface area contributed by atoms with Crippen molar-refractivity contribution >= 4 is 5.91 Å². The number of aliphatic hydroxyl groups excluding tert-OH is 1. The van der Waals surface area contributed by atoms with Crippen molar-refractivity contribution in [1.82, 2.24) is 20.3 Å². The average molecular weight is 326 g/mol. The average Bonchev–Trinajstić information content (AvgIpc) is 3.05. The second kappa shape index (κ2) is 7.01. The first-order chi connectivity index (χ1) is 11.7. The highest BCUT2D eigenvalue weighted by Crippen LogP contribution is 2.11. The number of nitrogens with one attached hydrogen (secondary N) is 1. The van der Waals surface area contributed by atoms with Gasteiger partial charge in [-0.2, -0.15) is 4.80 Å². The van der Waals surface area contributed by atoms with Gasteiger partial charge in [0.2, 0.25) is 0 Å². The summed E-state index contributed by atoms with van der Waals surface area (Å²) in [4.78, 5) is 13.5. The lowest BCUT2D eigenvalue weighted by atomic mass is 10.2. The largest absolute Gasteiger partial charge is 0.390 e. The molecule has 0 fully saturated rings. The number of halogens is 1. The van der Waals surface area contributed by atoms with Crippen LogP contribution >= 0.6 is 0 Å². The summed E-state index contributed by atoms with van der Waals surface area (Å²) in [5.41, 5.74) is 1.64. The van der Waals surface area contributed by atoms with E-state index >= 15 is 0 Å². The Bertz CT molecular complexity index is 832. The molecule has 1 amide bonds. The fourth-order valence-electron chi connectivity index (χ4n) is 2.17. The van der Waals surface area contributed by atoms with Crippen molar-refractivity contribution in [2.24, 2.45) is 0 Å². The molecular formula is C17H15FN4O2. The monoisotopic (exact) mass is 326 g/mol. The molecule has 1 aromatic heterocycles. The van der Waals surface area contributed by atoms with Crippen LogP contribution in [0.5, 0.6) is 0 Å². The lowest BCUT2D eigenvalue weighted by Crippen LogP contribution is -2.24. The van der Waals surface area contributed by atoms with E-state index < -0.39 is 12.5 Å². The maximum atomic E-state index is 13.0. The number of hydrogen-bond acceptors (Lipinski definition) is 4. The maximum absolute atomic E-state index is 13.0. The van der Waals surface area contributed by atoms with E-state index in [1.54, 1.807) is 0 Å². The molecule has 6 nitrogen and oxygen atoms in total. The molecule has 2 N–H and O–H groups in total. The number of rotatable bonds is 5. The third-order valence-corrected chi connectivity index (χ3v) is 3.40. The van der Waals surface area contributed by atoms with Gasteiger partial charge in [0.15, 0.2) is 5.69 Å². The first kappa shape index (κ1) is 15.8. The predicted molar refractivity (Wildman–Crippen MR) is 84.9 cm³/mol. The van der Waals surface area contributed by atoms with Crippen molar-refractivity contribution in [2.45, 2.75) is 13.2 Å². The van der Waals surface area contributed by atoms with Crippen molar-refractivity contribution in [1.29, 1.82) is 0 Å². The number of hydrogen-bond donors (Lipinski definition) is 2. The molecular weight excluding hydrogens is 311 g/mol. The zero-order valence-corrected chi connectivity index (χ0v) is 12.7. The Labute approximate surface area is 137 Å². The molecule has 1 heterocycles. The Morgan fingerprint density at radius 2 is 1.79 bits per heavy atom. The van der Waals surface area contributed by atoms with E-state index in [2.05, 4.69) is 15.5 Å². The summed E-state index contributed by atoms with van der Waals surface area (Å²) in [5, 5.41) is 20.3. The van der Waals surface area contributed by atoms with Gasteiger partial charge in [0.1, 0.15) is 11.5 Å². The zero-order valence-electron chi connectivity index (χ0n) is 12.7. The van der Waals surface area contributed by atoms with Crippen molar-refractivity contribution in [3.05, 3.63) is 77.4 Å². The Kier molecular flexibility index (Phi) is 4.62. The van der Waals surface area contributed by atoms with Gasteiger partial charge in [0, 0.05) is 6.54 Å². The van der Waals surface area contributed by atoms with Crippen molar-refractivity contribution < 1.29 is 14.3 Å². The normalized spacial score (nSPS) is 10.6. The zero-order chi connectivity index (χ0) is 16.9. The molecule has 0 saturated heterocycles. The number of carbonyl (C=O) groups is 1. The Morgan fingerprint density at radius 3 is 2.46 bits per heavy atom. The molecule has 0 atom stereocenters. The summed E-state index contributed by atoms with van der Waals surface area (Å²) in [7, 11) is 0. The van der Waals surface area contributed by atoms with Crippen LogP contribution in [0.3, 0.4) is 0 Å². The first-order valence-corrected chi connectivity index (χ1v) is 7.32. The second-order valence-electron chi connectivity index (χ2n) is 5.09. The number of amides is 1. The lowest BCUT2D eigenvalue weighted by Gasteiger charge is -2.03. The van der Waals surface area contributed by atoms with Crippen LogP contribution in [-0.2, 0) is 13.2 Å². The van der Waals surface area contributed by atoms with Crippen LogP contribution in [0.4, 0.5) is 4.39 Å². The minimum absolute atomic E-state index is 0.0396. The van der Waals surface area contributed by atoms with Gasteiger partial charge in [0.25, 0.3) is 5.91 Å². The van der Waals surface area contributed by atoms with Gasteiger partial charge in [0.05, 0.1) is 12.3 Å². The number of aliphatic hydroxyl groups is 1. The second-order valence-corrected chi connectivity index (χ2v) is 5.09. The van der Waals surface area contributed by atoms with Gasteiger partial charge in [-0.3, -0.25) is 4.79 Å². The van der Waals surface area contributed by atoms with Crippen molar-refractivity contribution in [3.8, 4) is 5.69 Å². The Balaban J connectivity index is 1.79. The number of carbonyl (C=O) groups excluding carboxylic acids is 1. The highest BCUT2D eigenvalue weighted by Gasteiger charge is 2.18. The summed E-state index contributed by atoms with van der Waals surface area (Å²) < 4.78 is 13.0. The molecule has 3 aromatic rings. The molecule has 24 heavy (non-hydrogen) atoms. The van der Waals surface area contributed by atoms with E-state index in [1.807, 2.05) is 30.3 Å². The summed E-state index contributed by atoms with van der Waals surface area (Å²) in [5.74, 6) is -0.814. The van der Waals surface area contributed by atoms with E-state index in [1.165, 1.54) is 29.1 Å². The quantitative estimate of drug-likeness (QED) is 0.749. The molecule has 122 valence electrons. The number of nitrogens with zero attached hydrogens (tertiary/aromatic N) is 3. The van der Waals surface area contributed by atoms with Gasteiger partial charge >= 0.3 is 0 Å². The molecule has 7 heteroatoms. The first-order valence-electron chi connectivity index (χ1n) is 7.32. The molecule has 0 radical (unpaired) electrons. The number of benzene rings is 2. The van der Waals surface area contributed by atoms with E-state index in [-0.39, 0.29) is 17.2 Å². The van der Waals surface area contributed by atoms with E-state index in [9.17, 15) is 14.3 Å². The van der Waals surface area contributed by atoms with Crippen LogP contribution in [-0.4, -0.2) is 26.0 Å². The third kappa shape index (κ3) is 3.47. The van der Waals surface area contributed by atoms with Gasteiger partial charge < -0.3 is 10.4 Å². The van der Waals surface area contributed by atoms with Gasteiger partial charge in [-0.1, -0.05) is 30.3 Å². The summed E-state index contributed by atoms with van der Waals surface area (Å²) >= 11 is 0. The molecule has 0 bridgehead atoms. The SMILES string of the molecule is O=C(NCc1ccccc1)c1nn(-c2ccc(F)cc2)nc1CO. The third-order valence-electron chi connectivity index (χ3n) is 3.40.